The molecule has 0 N–H and O–H groups in total. The number of azo groups is 1. The summed E-state index contributed by atoms with van der Waals surface area (Å²) in [4.78, 5) is 48.8. The van der Waals surface area contributed by atoms with Crippen molar-refractivity contribution >= 4 is 23.1 Å². The van der Waals surface area contributed by atoms with Crippen LogP contribution in [-0.4, -0.2) is 35.2 Å². The second kappa shape index (κ2) is 6.46. The number of nitrogens with zero attached hydrogens (tertiary/aromatic N) is 2. The monoisotopic (exact) mass is 358 g/mol. The van der Waals surface area contributed by atoms with E-state index in [0.29, 0.717) is 38.5 Å². The average Bonchev–Trinajstić information content (AvgIpc) is 3.09. The SMILES string of the molecule is O=C1CCC2(CCCCC2N=NC2CCCCC23CCC(=O)C3=O)C1=O. The maximum absolute atomic E-state index is 12.5. The zero-order chi connectivity index (χ0) is 18.4. The maximum atomic E-state index is 12.5. The molecule has 0 radical (unpaired) electrons. The zero-order valence-corrected chi connectivity index (χ0v) is 15.2. The second-order valence-electron chi connectivity index (χ2n) is 8.57. The van der Waals surface area contributed by atoms with Crippen LogP contribution < -0.4 is 0 Å². The van der Waals surface area contributed by atoms with E-state index in [4.69, 9.17) is 0 Å². The van der Waals surface area contributed by atoms with Gasteiger partial charge in [0, 0.05) is 12.8 Å². The third-order valence-electron chi connectivity index (χ3n) is 7.33. The van der Waals surface area contributed by atoms with Gasteiger partial charge in [0.15, 0.2) is 11.6 Å². The predicted molar refractivity (Wildman–Crippen MR) is 92.7 cm³/mol. The maximum Gasteiger partial charge on any atom is 0.206 e. The van der Waals surface area contributed by atoms with Gasteiger partial charge >= 0.3 is 0 Å². The summed E-state index contributed by atoms with van der Waals surface area (Å²) >= 11 is 0. The molecule has 0 aromatic carbocycles. The molecule has 4 rings (SSSR count). The summed E-state index contributed by atoms with van der Waals surface area (Å²) in [6, 6.07) is -0.497. The van der Waals surface area contributed by atoms with Crippen LogP contribution in [0.15, 0.2) is 10.2 Å². The number of carbonyl (C=O) groups is 4. The van der Waals surface area contributed by atoms with Crippen LogP contribution in [0.25, 0.3) is 0 Å². The van der Waals surface area contributed by atoms with E-state index in [1.807, 2.05) is 0 Å². The fourth-order valence-electron chi connectivity index (χ4n) is 5.74. The van der Waals surface area contributed by atoms with E-state index in [1.165, 1.54) is 0 Å². The van der Waals surface area contributed by atoms with Gasteiger partial charge in [-0.15, -0.1) is 0 Å². The molecule has 26 heavy (non-hydrogen) atoms. The molecule has 4 aliphatic rings. The van der Waals surface area contributed by atoms with Crippen LogP contribution >= 0.6 is 0 Å². The molecule has 0 amide bonds. The Morgan fingerprint density at radius 1 is 0.615 bits per heavy atom. The van der Waals surface area contributed by atoms with Gasteiger partial charge in [-0.05, 0) is 38.5 Å². The van der Waals surface area contributed by atoms with Gasteiger partial charge in [-0.25, -0.2) is 0 Å². The van der Waals surface area contributed by atoms with Gasteiger partial charge in [0.25, 0.3) is 0 Å². The van der Waals surface area contributed by atoms with E-state index in [0.717, 1.165) is 38.5 Å². The molecule has 4 atom stereocenters. The molecule has 140 valence electrons. The Morgan fingerprint density at radius 3 is 1.38 bits per heavy atom. The topological polar surface area (TPSA) is 93.0 Å². The Balaban J connectivity index is 1.59. The Bertz CT molecular complexity index is 642. The van der Waals surface area contributed by atoms with Crippen LogP contribution in [0, 0.1) is 10.8 Å². The lowest BCUT2D eigenvalue weighted by Crippen LogP contribution is -2.44. The van der Waals surface area contributed by atoms with Crippen LogP contribution in [-0.2, 0) is 19.2 Å². The Morgan fingerprint density at radius 2 is 1.04 bits per heavy atom. The molecule has 4 unspecified atom stereocenters. The number of carbonyl (C=O) groups excluding carboxylic acids is 4. The predicted octanol–water partition coefficient (Wildman–Crippen LogP) is 3.16. The van der Waals surface area contributed by atoms with Crippen molar-refractivity contribution in [2.45, 2.75) is 89.1 Å². The summed E-state index contributed by atoms with van der Waals surface area (Å²) in [5.41, 5.74) is -1.31. The number of ketones is 4. The molecule has 0 saturated heterocycles. The number of hydrogen-bond acceptors (Lipinski definition) is 6. The molecular formula is C20H26N2O4. The highest BCUT2D eigenvalue weighted by molar-refractivity contribution is 6.41. The van der Waals surface area contributed by atoms with Crippen LogP contribution in [0.4, 0.5) is 0 Å². The molecule has 6 nitrogen and oxygen atoms in total. The third kappa shape index (κ3) is 2.52. The molecule has 0 heterocycles. The van der Waals surface area contributed by atoms with Gasteiger partial charge in [-0.1, -0.05) is 25.7 Å². The van der Waals surface area contributed by atoms with Gasteiger partial charge in [-0.2, -0.15) is 10.2 Å². The van der Waals surface area contributed by atoms with Gasteiger partial charge in [-0.3, -0.25) is 19.2 Å². The van der Waals surface area contributed by atoms with E-state index in [9.17, 15) is 19.2 Å². The Labute approximate surface area is 153 Å². The van der Waals surface area contributed by atoms with Crippen molar-refractivity contribution in [2.24, 2.45) is 21.1 Å². The molecule has 0 bridgehead atoms. The number of hydrogen-bond donors (Lipinski definition) is 0. The van der Waals surface area contributed by atoms with Crippen LogP contribution in [0.1, 0.15) is 77.0 Å². The summed E-state index contributed by atoms with van der Waals surface area (Å²) in [7, 11) is 0. The lowest BCUT2D eigenvalue weighted by molar-refractivity contribution is -0.140. The smallest absolute Gasteiger partial charge is 0.206 e. The molecule has 0 aliphatic heterocycles. The molecule has 2 spiro atoms. The highest BCUT2D eigenvalue weighted by Gasteiger charge is 2.55. The quantitative estimate of drug-likeness (QED) is 0.560. The highest BCUT2D eigenvalue weighted by Crippen LogP contribution is 2.49. The van der Waals surface area contributed by atoms with Crippen LogP contribution in [0.5, 0.6) is 0 Å². The molecule has 4 aliphatic carbocycles. The second-order valence-corrected chi connectivity index (χ2v) is 8.57. The molecule has 0 aromatic rings. The first kappa shape index (κ1) is 17.7. The van der Waals surface area contributed by atoms with E-state index in [2.05, 4.69) is 10.2 Å². The molecule has 6 heteroatoms. The third-order valence-corrected chi connectivity index (χ3v) is 7.33. The van der Waals surface area contributed by atoms with Crippen molar-refractivity contribution in [1.82, 2.24) is 0 Å². The minimum atomic E-state index is -0.657. The number of Topliss-reactive ketones (excluding diaryl/α,β-unsaturated/α-hetero) is 4. The van der Waals surface area contributed by atoms with Gasteiger partial charge < -0.3 is 0 Å². The van der Waals surface area contributed by atoms with E-state index >= 15 is 0 Å². The van der Waals surface area contributed by atoms with Gasteiger partial charge in [0.2, 0.25) is 11.6 Å². The first-order chi connectivity index (χ1) is 12.5. The summed E-state index contributed by atoms with van der Waals surface area (Å²) in [5, 5.41) is 9.19. The van der Waals surface area contributed by atoms with Crippen molar-refractivity contribution in [3.63, 3.8) is 0 Å². The molecule has 4 saturated carbocycles. The molecule has 0 aromatic heterocycles. The fourth-order valence-corrected chi connectivity index (χ4v) is 5.74. The van der Waals surface area contributed by atoms with Gasteiger partial charge in [0.05, 0.1) is 22.9 Å². The first-order valence-electron chi connectivity index (χ1n) is 10.0. The van der Waals surface area contributed by atoms with Crippen molar-refractivity contribution in [3.8, 4) is 0 Å². The lowest BCUT2D eigenvalue weighted by Gasteiger charge is -2.38. The molecular weight excluding hydrogens is 332 g/mol. The van der Waals surface area contributed by atoms with Crippen LogP contribution in [0.3, 0.4) is 0 Å². The minimum absolute atomic E-state index is 0.249. The lowest BCUT2D eigenvalue weighted by atomic mass is 9.68. The Kier molecular flexibility index (Phi) is 4.40. The largest absolute Gasteiger partial charge is 0.291 e. The fraction of sp³-hybridized carbons (Fsp3) is 0.800. The van der Waals surface area contributed by atoms with Crippen molar-refractivity contribution < 1.29 is 19.2 Å². The summed E-state index contributed by atoms with van der Waals surface area (Å²) < 4.78 is 0. The van der Waals surface area contributed by atoms with E-state index in [-0.39, 0.29) is 35.2 Å². The Hall–Kier alpha value is -1.72. The zero-order valence-electron chi connectivity index (χ0n) is 15.2. The van der Waals surface area contributed by atoms with Gasteiger partial charge in [0.1, 0.15) is 0 Å². The van der Waals surface area contributed by atoms with Crippen molar-refractivity contribution in [3.05, 3.63) is 0 Å². The molecule has 4 fully saturated rings. The van der Waals surface area contributed by atoms with E-state index < -0.39 is 10.8 Å². The number of rotatable bonds is 2. The van der Waals surface area contributed by atoms with Crippen LogP contribution in [0.2, 0.25) is 0 Å². The summed E-state index contributed by atoms with van der Waals surface area (Å²) in [6.07, 6.45) is 8.67. The summed E-state index contributed by atoms with van der Waals surface area (Å²) in [6.45, 7) is 0. The van der Waals surface area contributed by atoms with E-state index in [1.54, 1.807) is 0 Å². The average molecular weight is 358 g/mol. The normalized spacial score (nSPS) is 41.2. The summed E-state index contributed by atoms with van der Waals surface area (Å²) in [5.74, 6) is -1.05. The van der Waals surface area contributed by atoms with Crippen molar-refractivity contribution in [2.75, 3.05) is 0 Å². The standard InChI is InChI=1S/C20H26N2O4/c23-13-7-11-19(17(13)25)9-3-1-5-15(19)21-22-16-6-2-4-10-20(16)12-8-14(24)18(20)26/h15-16H,1-12H2. The first-order valence-corrected chi connectivity index (χ1v) is 10.0. The van der Waals surface area contributed by atoms with Crippen molar-refractivity contribution in [1.29, 1.82) is 0 Å². The minimum Gasteiger partial charge on any atom is -0.291 e. The highest BCUT2D eigenvalue weighted by atomic mass is 16.2.